The fourth-order valence-corrected chi connectivity index (χ4v) is 3.26. The minimum atomic E-state index is -0.528. The molecule has 0 bridgehead atoms. The molecule has 1 amide bonds. The number of carbonyl (C=O) groups is 1. The molecule has 1 aromatic heterocycles. The number of furan rings is 1. The minimum Gasteiger partial charge on any atom is -0.451 e. The fraction of sp³-hybridized carbons (Fsp3) is 0. The third-order valence-corrected chi connectivity index (χ3v) is 4.82. The van der Waals surface area contributed by atoms with E-state index in [1.165, 1.54) is 24.3 Å². The van der Waals surface area contributed by atoms with Crippen molar-refractivity contribution in [2.24, 2.45) is 0 Å². The van der Waals surface area contributed by atoms with Crippen LogP contribution in [0.5, 0.6) is 0 Å². The molecule has 6 nitrogen and oxygen atoms in total. The second kappa shape index (κ2) is 8.23. The monoisotopic (exact) mass is 418 g/mol. The van der Waals surface area contributed by atoms with Gasteiger partial charge in [-0.05, 0) is 41.5 Å². The van der Waals surface area contributed by atoms with E-state index in [-0.39, 0.29) is 16.5 Å². The topological polar surface area (TPSA) is 85.4 Å². The van der Waals surface area contributed by atoms with E-state index in [0.29, 0.717) is 17.0 Å². The average Bonchev–Trinajstić information content (AvgIpc) is 3.25. The van der Waals surface area contributed by atoms with Crippen molar-refractivity contribution in [1.29, 1.82) is 0 Å². The lowest BCUT2D eigenvalue weighted by Gasteiger charge is -2.06. The lowest BCUT2D eigenvalue weighted by atomic mass is 10.1. The van der Waals surface area contributed by atoms with Crippen LogP contribution in [0.4, 0.5) is 11.4 Å². The van der Waals surface area contributed by atoms with Gasteiger partial charge in [-0.25, -0.2) is 0 Å². The number of nitrogens with one attached hydrogen (secondary N) is 1. The van der Waals surface area contributed by atoms with Crippen molar-refractivity contribution in [2.75, 3.05) is 5.32 Å². The van der Waals surface area contributed by atoms with Crippen LogP contribution in [0.25, 0.3) is 22.5 Å². The number of nitrogens with zero attached hydrogens (tertiary/aromatic N) is 1. The number of anilines is 1. The first-order valence-corrected chi connectivity index (χ1v) is 9.40. The second-order valence-electron chi connectivity index (χ2n) is 6.48. The summed E-state index contributed by atoms with van der Waals surface area (Å²) in [6.07, 6.45) is 0. The lowest BCUT2D eigenvalue weighted by Crippen LogP contribution is -2.10. The summed E-state index contributed by atoms with van der Waals surface area (Å²) in [5.74, 6) is 0.0396. The Morgan fingerprint density at radius 2 is 1.60 bits per heavy atom. The van der Waals surface area contributed by atoms with Crippen molar-refractivity contribution in [3.63, 3.8) is 0 Å². The van der Waals surface area contributed by atoms with E-state index in [0.717, 1.165) is 11.1 Å². The number of nitro benzene ring substituents is 1. The third-order valence-electron chi connectivity index (χ3n) is 4.51. The van der Waals surface area contributed by atoms with Crippen molar-refractivity contribution < 1.29 is 14.1 Å². The molecule has 1 heterocycles. The van der Waals surface area contributed by atoms with Crippen molar-refractivity contribution >= 4 is 28.9 Å². The summed E-state index contributed by atoms with van der Waals surface area (Å²) in [6.45, 7) is 0. The highest BCUT2D eigenvalue weighted by atomic mass is 35.5. The average molecular weight is 419 g/mol. The number of nitro groups is 1. The van der Waals surface area contributed by atoms with Crippen LogP contribution in [0.1, 0.15) is 10.6 Å². The number of rotatable bonds is 5. The minimum absolute atomic E-state index is 0.103. The van der Waals surface area contributed by atoms with Gasteiger partial charge < -0.3 is 9.73 Å². The fourth-order valence-electron chi connectivity index (χ4n) is 2.99. The van der Waals surface area contributed by atoms with E-state index in [2.05, 4.69) is 5.32 Å². The standard InChI is InChI=1S/C23H15ClN2O4/c24-20-14-18(26(28)29)10-11-19(20)21-12-13-22(30-21)23(27)25-17-8-6-16(7-9-17)15-4-2-1-3-5-15/h1-14H,(H,25,27). The molecule has 148 valence electrons. The molecule has 0 aliphatic rings. The van der Waals surface area contributed by atoms with Crippen LogP contribution in [0.15, 0.2) is 89.3 Å². The molecule has 30 heavy (non-hydrogen) atoms. The maximum atomic E-state index is 12.5. The first-order valence-electron chi connectivity index (χ1n) is 9.02. The highest BCUT2D eigenvalue weighted by Gasteiger charge is 2.16. The number of carbonyl (C=O) groups excluding carboxylic acids is 1. The van der Waals surface area contributed by atoms with E-state index >= 15 is 0 Å². The van der Waals surface area contributed by atoms with Gasteiger partial charge in [0.2, 0.25) is 0 Å². The molecule has 7 heteroatoms. The van der Waals surface area contributed by atoms with E-state index < -0.39 is 10.8 Å². The molecule has 0 radical (unpaired) electrons. The largest absolute Gasteiger partial charge is 0.451 e. The summed E-state index contributed by atoms with van der Waals surface area (Å²) in [6, 6.07) is 24.6. The molecule has 0 atom stereocenters. The highest BCUT2D eigenvalue weighted by molar-refractivity contribution is 6.33. The Morgan fingerprint density at radius 1 is 0.900 bits per heavy atom. The maximum absolute atomic E-state index is 12.5. The zero-order valence-electron chi connectivity index (χ0n) is 15.5. The van der Waals surface area contributed by atoms with Crippen LogP contribution in [0, 0.1) is 10.1 Å². The van der Waals surface area contributed by atoms with Gasteiger partial charge in [0.25, 0.3) is 11.6 Å². The lowest BCUT2D eigenvalue weighted by molar-refractivity contribution is -0.384. The highest BCUT2D eigenvalue weighted by Crippen LogP contribution is 2.32. The van der Waals surface area contributed by atoms with Crippen LogP contribution in [-0.4, -0.2) is 10.8 Å². The summed E-state index contributed by atoms with van der Waals surface area (Å²) < 4.78 is 5.61. The van der Waals surface area contributed by atoms with Gasteiger partial charge in [-0.15, -0.1) is 0 Å². The van der Waals surface area contributed by atoms with Gasteiger partial charge >= 0.3 is 0 Å². The van der Waals surface area contributed by atoms with Crippen molar-refractivity contribution in [1.82, 2.24) is 0 Å². The number of non-ortho nitro benzene ring substituents is 1. The number of halogens is 1. The Kier molecular flexibility index (Phi) is 5.32. The van der Waals surface area contributed by atoms with Gasteiger partial charge in [0.1, 0.15) is 5.76 Å². The molecule has 0 spiro atoms. The van der Waals surface area contributed by atoms with Gasteiger partial charge in [-0.2, -0.15) is 0 Å². The molecule has 0 aliphatic heterocycles. The normalized spacial score (nSPS) is 10.6. The van der Waals surface area contributed by atoms with Crippen LogP contribution >= 0.6 is 11.6 Å². The molecular weight excluding hydrogens is 404 g/mol. The van der Waals surface area contributed by atoms with Crippen molar-refractivity contribution in [3.8, 4) is 22.5 Å². The SMILES string of the molecule is O=C(Nc1ccc(-c2ccccc2)cc1)c1ccc(-c2ccc([N+](=O)[O-])cc2Cl)o1. The van der Waals surface area contributed by atoms with Gasteiger partial charge in [0.15, 0.2) is 5.76 Å². The molecule has 0 saturated carbocycles. The molecular formula is C23H15ClN2O4. The van der Waals surface area contributed by atoms with E-state index in [9.17, 15) is 14.9 Å². The molecule has 0 unspecified atom stereocenters. The second-order valence-corrected chi connectivity index (χ2v) is 6.89. The molecule has 1 N–H and O–H groups in total. The van der Waals surface area contributed by atoms with E-state index in [1.807, 2.05) is 54.6 Å². The van der Waals surface area contributed by atoms with Crippen LogP contribution in [-0.2, 0) is 0 Å². The Labute approximate surface area is 176 Å². The van der Waals surface area contributed by atoms with Gasteiger partial charge in [-0.3, -0.25) is 14.9 Å². The third kappa shape index (κ3) is 4.09. The van der Waals surface area contributed by atoms with E-state index in [4.69, 9.17) is 16.0 Å². The molecule has 0 saturated heterocycles. The summed E-state index contributed by atoms with van der Waals surface area (Å²) in [5.41, 5.74) is 3.11. The molecule has 3 aromatic carbocycles. The molecule has 4 aromatic rings. The van der Waals surface area contributed by atoms with Crippen molar-refractivity contribution in [2.45, 2.75) is 0 Å². The smallest absolute Gasteiger partial charge is 0.291 e. The Balaban J connectivity index is 1.49. The van der Waals surface area contributed by atoms with Gasteiger partial charge in [0.05, 0.1) is 9.95 Å². The molecule has 4 rings (SSSR count). The number of amides is 1. The zero-order chi connectivity index (χ0) is 21.1. The van der Waals surface area contributed by atoms with Crippen LogP contribution < -0.4 is 5.32 Å². The predicted octanol–water partition coefficient (Wildman–Crippen LogP) is 6.43. The summed E-state index contributed by atoms with van der Waals surface area (Å²) >= 11 is 6.13. The van der Waals surface area contributed by atoms with E-state index in [1.54, 1.807) is 6.07 Å². The van der Waals surface area contributed by atoms with Crippen LogP contribution in [0.3, 0.4) is 0 Å². The Morgan fingerprint density at radius 3 is 2.27 bits per heavy atom. The Hall–Kier alpha value is -3.90. The molecule has 0 fully saturated rings. The maximum Gasteiger partial charge on any atom is 0.291 e. The predicted molar refractivity (Wildman–Crippen MR) is 116 cm³/mol. The molecule has 0 aliphatic carbocycles. The van der Waals surface area contributed by atoms with Gasteiger partial charge in [0, 0.05) is 23.4 Å². The quantitative estimate of drug-likeness (QED) is 0.299. The van der Waals surface area contributed by atoms with Crippen LogP contribution in [0.2, 0.25) is 5.02 Å². The van der Waals surface area contributed by atoms with Gasteiger partial charge in [-0.1, -0.05) is 54.1 Å². The number of hydrogen-bond donors (Lipinski definition) is 1. The summed E-state index contributed by atoms with van der Waals surface area (Å²) in [4.78, 5) is 22.8. The zero-order valence-corrected chi connectivity index (χ0v) is 16.3. The first kappa shape index (κ1) is 19.4. The number of benzene rings is 3. The summed E-state index contributed by atoms with van der Waals surface area (Å²) in [5, 5.41) is 13.8. The van der Waals surface area contributed by atoms with Crippen molar-refractivity contribution in [3.05, 3.63) is 106 Å². The first-order chi connectivity index (χ1) is 14.5. The number of hydrogen-bond acceptors (Lipinski definition) is 4. The Bertz CT molecular complexity index is 1220. The summed E-state index contributed by atoms with van der Waals surface area (Å²) in [7, 11) is 0.